The Morgan fingerprint density at radius 3 is 2.50 bits per heavy atom. The van der Waals surface area contributed by atoms with Crippen LogP contribution in [0, 0.1) is 5.41 Å². The molecule has 0 aromatic heterocycles. The van der Waals surface area contributed by atoms with E-state index in [-0.39, 0.29) is 29.3 Å². The predicted molar refractivity (Wildman–Crippen MR) is 68.5 cm³/mol. The first-order valence-electron chi connectivity index (χ1n) is 5.94. The molecule has 0 saturated carbocycles. The number of phenolic OH excluding ortho intramolecular Hbond substituents is 2. The van der Waals surface area contributed by atoms with Crippen molar-refractivity contribution in [3.8, 4) is 11.5 Å². The van der Waals surface area contributed by atoms with Crippen LogP contribution >= 0.6 is 0 Å². The maximum atomic E-state index is 11.5. The average molecular weight is 252 g/mol. The van der Waals surface area contributed by atoms with Crippen LogP contribution in [0.3, 0.4) is 0 Å². The number of aryl methyl sites for hydroxylation is 1. The van der Waals surface area contributed by atoms with E-state index in [1.807, 2.05) is 20.8 Å². The number of hydrogen-bond donors (Lipinski definition) is 2. The Hall–Kier alpha value is -1.71. The molecule has 0 amide bonds. The highest BCUT2D eigenvalue weighted by Gasteiger charge is 2.14. The van der Waals surface area contributed by atoms with Crippen LogP contribution in [0.4, 0.5) is 0 Å². The van der Waals surface area contributed by atoms with Crippen LogP contribution in [0.5, 0.6) is 11.5 Å². The fourth-order valence-electron chi connectivity index (χ4n) is 1.37. The molecular weight excluding hydrogens is 232 g/mol. The van der Waals surface area contributed by atoms with E-state index >= 15 is 0 Å². The molecular formula is C14H20O4. The monoisotopic (exact) mass is 252 g/mol. The topological polar surface area (TPSA) is 66.8 Å². The van der Waals surface area contributed by atoms with Crippen molar-refractivity contribution in [3.05, 3.63) is 23.8 Å². The molecule has 2 N–H and O–H groups in total. The quantitative estimate of drug-likeness (QED) is 0.808. The van der Waals surface area contributed by atoms with Gasteiger partial charge in [0.2, 0.25) is 0 Å². The lowest BCUT2D eigenvalue weighted by atomic mass is 9.99. The highest BCUT2D eigenvalue weighted by molar-refractivity contribution is 5.69. The Morgan fingerprint density at radius 1 is 1.28 bits per heavy atom. The Kier molecular flexibility index (Phi) is 4.59. The van der Waals surface area contributed by atoms with E-state index in [2.05, 4.69) is 0 Å². The van der Waals surface area contributed by atoms with E-state index in [0.717, 1.165) is 0 Å². The van der Waals surface area contributed by atoms with E-state index in [1.54, 1.807) is 6.07 Å². The second kappa shape index (κ2) is 5.76. The van der Waals surface area contributed by atoms with Crippen LogP contribution in [0.25, 0.3) is 0 Å². The van der Waals surface area contributed by atoms with Gasteiger partial charge in [-0.1, -0.05) is 26.8 Å². The van der Waals surface area contributed by atoms with Crippen molar-refractivity contribution in [2.75, 3.05) is 6.61 Å². The molecule has 1 aromatic carbocycles. The van der Waals surface area contributed by atoms with Crippen molar-refractivity contribution in [2.45, 2.75) is 33.6 Å². The molecule has 0 fully saturated rings. The predicted octanol–water partition coefficient (Wildman–Crippen LogP) is 2.62. The molecule has 4 heteroatoms. The van der Waals surface area contributed by atoms with Crippen LogP contribution in [-0.2, 0) is 16.0 Å². The summed E-state index contributed by atoms with van der Waals surface area (Å²) in [6.07, 6.45) is 0.615. The zero-order valence-electron chi connectivity index (χ0n) is 11.1. The van der Waals surface area contributed by atoms with Gasteiger partial charge in [0.25, 0.3) is 0 Å². The number of rotatable bonds is 4. The zero-order chi connectivity index (χ0) is 13.8. The molecule has 1 rings (SSSR count). The van der Waals surface area contributed by atoms with E-state index in [4.69, 9.17) is 9.84 Å². The van der Waals surface area contributed by atoms with Gasteiger partial charge in [0.1, 0.15) is 11.5 Å². The minimum absolute atomic E-state index is 0.00128. The Labute approximate surface area is 107 Å². The highest BCUT2D eigenvalue weighted by Crippen LogP contribution is 2.23. The van der Waals surface area contributed by atoms with E-state index < -0.39 is 0 Å². The van der Waals surface area contributed by atoms with Crippen molar-refractivity contribution in [1.29, 1.82) is 0 Å². The molecule has 100 valence electrons. The van der Waals surface area contributed by atoms with Crippen LogP contribution < -0.4 is 0 Å². The van der Waals surface area contributed by atoms with E-state index in [9.17, 15) is 9.90 Å². The normalized spacial score (nSPS) is 11.3. The molecule has 0 aliphatic heterocycles. The molecule has 1 aromatic rings. The van der Waals surface area contributed by atoms with Crippen LogP contribution in [0.2, 0.25) is 0 Å². The number of phenols is 2. The molecule has 0 unspecified atom stereocenters. The summed E-state index contributed by atoms with van der Waals surface area (Å²) in [5.41, 5.74) is 0.580. The molecule has 0 bridgehead atoms. The van der Waals surface area contributed by atoms with Gasteiger partial charge in [-0.15, -0.1) is 0 Å². The lowest BCUT2D eigenvalue weighted by Gasteiger charge is -2.17. The van der Waals surface area contributed by atoms with Crippen LogP contribution in [0.1, 0.15) is 32.8 Å². The molecule has 0 heterocycles. The number of carbonyl (C=O) groups excluding carboxylic acids is 1. The number of ether oxygens (including phenoxy) is 1. The molecule has 4 nitrogen and oxygen atoms in total. The average Bonchev–Trinajstić information content (AvgIpc) is 2.24. The second-order valence-electron chi connectivity index (χ2n) is 5.53. The third-order valence-corrected chi connectivity index (χ3v) is 2.33. The van der Waals surface area contributed by atoms with Crippen molar-refractivity contribution in [3.63, 3.8) is 0 Å². The summed E-state index contributed by atoms with van der Waals surface area (Å²) >= 11 is 0. The Morgan fingerprint density at radius 2 is 1.94 bits per heavy atom. The van der Waals surface area contributed by atoms with Crippen molar-refractivity contribution < 1.29 is 19.7 Å². The number of aromatic hydroxyl groups is 2. The van der Waals surface area contributed by atoms with Gasteiger partial charge in [-0.3, -0.25) is 4.79 Å². The third-order valence-electron chi connectivity index (χ3n) is 2.33. The fourth-order valence-corrected chi connectivity index (χ4v) is 1.37. The first-order chi connectivity index (χ1) is 8.28. The molecule has 0 radical (unpaired) electrons. The third kappa shape index (κ3) is 5.08. The van der Waals surface area contributed by atoms with E-state index in [0.29, 0.717) is 18.6 Å². The van der Waals surface area contributed by atoms with Crippen molar-refractivity contribution in [2.24, 2.45) is 5.41 Å². The maximum Gasteiger partial charge on any atom is 0.306 e. The highest BCUT2D eigenvalue weighted by atomic mass is 16.5. The minimum atomic E-state index is -0.280. The molecule has 0 saturated heterocycles. The van der Waals surface area contributed by atoms with Gasteiger partial charge < -0.3 is 14.9 Å². The summed E-state index contributed by atoms with van der Waals surface area (Å²) in [6.45, 7) is 6.36. The van der Waals surface area contributed by atoms with Gasteiger partial charge in [-0.05, 0) is 23.5 Å². The fraction of sp³-hybridized carbons (Fsp3) is 0.500. The number of benzene rings is 1. The summed E-state index contributed by atoms with van der Waals surface area (Å²) in [4.78, 5) is 11.5. The number of hydrogen-bond acceptors (Lipinski definition) is 4. The smallest absolute Gasteiger partial charge is 0.306 e. The molecule has 18 heavy (non-hydrogen) atoms. The van der Waals surface area contributed by atoms with Crippen molar-refractivity contribution >= 4 is 5.97 Å². The number of esters is 1. The Balaban J connectivity index is 2.43. The lowest BCUT2D eigenvalue weighted by Crippen LogP contribution is -2.18. The first kappa shape index (κ1) is 14.4. The first-order valence-corrected chi connectivity index (χ1v) is 5.94. The van der Waals surface area contributed by atoms with Gasteiger partial charge in [-0.2, -0.15) is 0 Å². The van der Waals surface area contributed by atoms with Gasteiger partial charge in [0.05, 0.1) is 6.61 Å². The second-order valence-corrected chi connectivity index (χ2v) is 5.53. The SMILES string of the molecule is CC(C)(C)COC(=O)CCc1ccc(O)cc1O. The maximum absolute atomic E-state index is 11.5. The Bertz CT molecular complexity index is 418. The van der Waals surface area contributed by atoms with Gasteiger partial charge in [0, 0.05) is 12.5 Å². The standard InChI is InChI=1S/C14H20O4/c1-14(2,3)9-18-13(17)7-5-10-4-6-11(15)8-12(10)16/h4,6,8,15-16H,5,7,9H2,1-3H3. The summed E-state index contributed by atoms with van der Waals surface area (Å²) in [5, 5.41) is 18.7. The summed E-state index contributed by atoms with van der Waals surface area (Å²) < 4.78 is 5.12. The lowest BCUT2D eigenvalue weighted by molar-refractivity contribution is -0.146. The van der Waals surface area contributed by atoms with Gasteiger partial charge in [0.15, 0.2) is 0 Å². The molecule has 0 aliphatic rings. The molecule has 0 aliphatic carbocycles. The van der Waals surface area contributed by atoms with Gasteiger partial charge >= 0.3 is 5.97 Å². The zero-order valence-corrected chi connectivity index (χ0v) is 11.1. The summed E-state index contributed by atoms with van der Waals surface area (Å²) in [5.74, 6) is -0.275. The van der Waals surface area contributed by atoms with E-state index in [1.165, 1.54) is 12.1 Å². The summed E-state index contributed by atoms with van der Waals surface area (Å²) in [6, 6.07) is 4.34. The van der Waals surface area contributed by atoms with Crippen LogP contribution in [0.15, 0.2) is 18.2 Å². The largest absolute Gasteiger partial charge is 0.508 e. The van der Waals surface area contributed by atoms with Crippen LogP contribution in [-0.4, -0.2) is 22.8 Å². The minimum Gasteiger partial charge on any atom is -0.508 e. The summed E-state index contributed by atoms with van der Waals surface area (Å²) in [7, 11) is 0. The molecule has 0 atom stereocenters. The van der Waals surface area contributed by atoms with Gasteiger partial charge in [-0.25, -0.2) is 0 Å². The van der Waals surface area contributed by atoms with Crippen molar-refractivity contribution in [1.82, 2.24) is 0 Å². The molecule has 0 spiro atoms. The number of carbonyl (C=O) groups is 1.